The Morgan fingerprint density at radius 3 is 2.88 bits per heavy atom. The lowest BCUT2D eigenvalue weighted by molar-refractivity contribution is 0.0948. The van der Waals surface area contributed by atoms with Gasteiger partial charge in [0.2, 0.25) is 0 Å². The fourth-order valence-corrected chi connectivity index (χ4v) is 3.26. The number of hydrogen-bond acceptors (Lipinski definition) is 5. The number of ether oxygens (including phenoxy) is 1. The Morgan fingerprint density at radius 1 is 1.36 bits per heavy atom. The van der Waals surface area contributed by atoms with Crippen LogP contribution in [-0.2, 0) is 4.74 Å². The predicted octanol–water partition coefficient (Wildman–Crippen LogP) is 1.88. The maximum atomic E-state index is 12.5. The van der Waals surface area contributed by atoms with Crippen LogP contribution in [-0.4, -0.2) is 56.8 Å². The van der Waals surface area contributed by atoms with Gasteiger partial charge in [0.25, 0.3) is 5.91 Å². The van der Waals surface area contributed by atoms with E-state index < -0.39 is 0 Å². The number of amides is 1. The van der Waals surface area contributed by atoms with Gasteiger partial charge in [-0.15, -0.1) is 24.8 Å². The van der Waals surface area contributed by atoms with E-state index in [0.717, 1.165) is 45.0 Å². The van der Waals surface area contributed by atoms with E-state index in [4.69, 9.17) is 4.74 Å². The Kier molecular flexibility index (Phi) is 10.1. The van der Waals surface area contributed by atoms with Crippen LogP contribution >= 0.6 is 24.8 Å². The lowest BCUT2D eigenvalue weighted by atomic mass is 9.96. The Balaban J connectivity index is 0.00000156. The molecule has 0 spiro atoms. The van der Waals surface area contributed by atoms with Gasteiger partial charge in [0, 0.05) is 25.8 Å². The van der Waals surface area contributed by atoms with Crippen LogP contribution in [0.2, 0.25) is 0 Å². The molecule has 2 N–H and O–H groups in total. The van der Waals surface area contributed by atoms with Crippen LogP contribution in [0.5, 0.6) is 0 Å². The molecular weight excluding hydrogens is 363 g/mol. The van der Waals surface area contributed by atoms with Gasteiger partial charge >= 0.3 is 0 Å². The van der Waals surface area contributed by atoms with Crippen LogP contribution in [0, 0.1) is 5.92 Å². The van der Waals surface area contributed by atoms with Crippen molar-refractivity contribution in [2.45, 2.75) is 19.3 Å². The number of piperidine rings is 1. The summed E-state index contributed by atoms with van der Waals surface area (Å²) in [5, 5.41) is 6.48. The molecule has 25 heavy (non-hydrogen) atoms. The van der Waals surface area contributed by atoms with Gasteiger partial charge in [-0.1, -0.05) is 0 Å². The third-order valence-electron chi connectivity index (χ3n) is 4.58. The normalized spacial score (nSPS) is 20.2. The second kappa shape index (κ2) is 11.5. The minimum atomic E-state index is -0.0247. The lowest BCUT2D eigenvalue weighted by Gasteiger charge is -2.29. The second-order valence-electron chi connectivity index (χ2n) is 6.23. The molecule has 1 aromatic rings. The van der Waals surface area contributed by atoms with Crippen molar-refractivity contribution >= 4 is 36.5 Å². The van der Waals surface area contributed by atoms with Crippen molar-refractivity contribution in [1.82, 2.24) is 15.6 Å². The first-order valence-corrected chi connectivity index (χ1v) is 8.61. The molecule has 6 nitrogen and oxygen atoms in total. The first kappa shape index (κ1) is 22.0. The van der Waals surface area contributed by atoms with E-state index in [0.29, 0.717) is 24.7 Å². The number of aromatic nitrogens is 1. The summed E-state index contributed by atoms with van der Waals surface area (Å²) in [7, 11) is 0. The van der Waals surface area contributed by atoms with Crippen molar-refractivity contribution in [3.05, 3.63) is 23.9 Å². The first-order valence-electron chi connectivity index (χ1n) is 8.61. The minimum absolute atomic E-state index is 0. The lowest BCUT2D eigenvalue weighted by Crippen LogP contribution is -2.39. The molecule has 3 heterocycles. The van der Waals surface area contributed by atoms with E-state index in [2.05, 4.69) is 20.5 Å². The molecule has 1 aromatic heterocycles. The highest BCUT2D eigenvalue weighted by molar-refractivity contribution is 5.98. The van der Waals surface area contributed by atoms with E-state index >= 15 is 0 Å². The number of anilines is 1. The quantitative estimate of drug-likeness (QED) is 0.803. The summed E-state index contributed by atoms with van der Waals surface area (Å²) in [6.45, 7) is 5.86. The molecule has 0 saturated carbocycles. The van der Waals surface area contributed by atoms with Crippen LogP contribution in [0.4, 0.5) is 5.82 Å². The standard InChI is InChI=1S/C17H26N4O2.2ClH/c22-17(20-8-5-14-3-1-6-18-13-14)15-4-2-7-19-16(15)21-9-11-23-12-10-21;;/h2,4,7,14,18H,1,3,5-6,8-13H2,(H,20,22);2*1H. The van der Waals surface area contributed by atoms with Gasteiger partial charge in [0.15, 0.2) is 0 Å². The molecule has 3 rings (SSSR count). The van der Waals surface area contributed by atoms with Crippen molar-refractivity contribution in [3.63, 3.8) is 0 Å². The number of rotatable bonds is 5. The topological polar surface area (TPSA) is 66.5 Å². The third-order valence-corrected chi connectivity index (χ3v) is 4.58. The molecular formula is C17H28Cl2N4O2. The van der Waals surface area contributed by atoms with Gasteiger partial charge in [-0.25, -0.2) is 4.98 Å². The third kappa shape index (κ3) is 6.29. The van der Waals surface area contributed by atoms with E-state index in [1.807, 2.05) is 12.1 Å². The maximum absolute atomic E-state index is 12.5. The maximum Gasteiger partial charge on any atom is 0.255 e. The highest BCUT2D eigenvalue weighted by atomic mass is 35.5. The van der Waals surface area contributed by atoms with Crippen LogP contribution in [0.15, 0.2) is 18.3 Å². The number of hydrogen-bond donors (Lipinski definition) is 2. The summed E-state index contributed by atoms with van der Waals surface area (Å²) in [6.07, 6.45) is 5.28. The summed E-state index contributed by atoms with van der Waals surface area (Å²) in [5.74, 6) is 1.42. The molecule has 2 fully saturated rings. The fraction of sp³-hybridized carbons (Fsp3) is 0.647. The monoisotopic (exact) mass is 390 g/mol. The predicted molar refractivity (Wildman–Crippen MR) is 104 cm³/mol. The Morgan fingerprint density at radius 2 is 2.16 bits per heavy atom. The number of carbonyl (C=O) groups excluding carboxylic acids is 1. The average Bonchev–Trinajstić information content (AvgIpc) is 2.63. The molecule has 0 radical (unpaired) electrons. The number of nitrogens with zero attached hydrogens (tertiary/aromatic N) is 2. The van der Waals surface area contributed by atoms with Crippen LogP contribution in [0.25, 0.3) is 0 Å². The molecule has 2 saturated heterocycles. The summed E-state index contributed by atoms with van der Waals surface area (Å²) in [6, 6.07) is 3.68. The number of morpholine rings is 1. The molecule has 0 aliphatic carbocycles. The van der Waals surface area contributed by atoms with Crippen LogP contribution in [0.1, 0.15) is 29.6 Å². The number of nitrogens with one attached hydrogen (secondary N) is 2. The van der Waals surface area contributed by atoms with E-state index in [-0.39, 0.29) is 30.7 Å². The molecule has 1 unspecified atom stereocenters. The molecule has 1 amide bonds. The smallest absolute Gasteiger partial charge is 0.255 e. The van der Waals surface area contributed by atoms with Crippen LogP contribution < -0.4 is 15.5 Å². The first-order chi connectivity index (χ1) is 11.3. The summed E-state index contributed by atoms with van der Waals surface area (Å²) in [5.41, 5.74) is 0.663. The summed E-state index contributed by atoms with van der Waals surface area (Å²) in [4.78, 5) is 19.1. The van der Waals surface area contributed by atoms with Crippen molar-refractivity contribution in [1.29, 1.82) is 0 Å². The van der Waals surface area contributed by atoms with Crippen molar-refractivity contribution < 1.29 is 9.53 Å². The number of halogens is 2. The van der Waals surface area contributed by atoms with Gasteiger partial charge in [-0.3, -0.25) is 4.79 Å². The van der Waals surface area contributed by atoms with Gasteiger partial charge in [0.1, 0.15) is 5.82 Å². The number of carbonyl (C=O) groups is 1. The zero-order valence-electron chi connectivity index (χ0n) is 14.4. The molecule has 2 aliphatic rings. The molecule has 0 bridgehead atoms. The van der Waals surface area contributed by atoms with E-state index in [1.165, 1.54) is 12.8 Å². The molecule has 1 atom stereocenters. The SMILES string of the molecule is Cl.Cl.O=C(NCCC1CCCNC1)c1cccnc1N1CCOCC1. The van der Waals surface area contributed by atoms with Crippen molar-refractivity contribution in [2.75, 3.05) is 50.8 Å². The zero-order valence-corrected chi connectivity index (χ0v) is 16.0. The molecule has 0 aromatic carbocycles. The fourth-order valence-electron chi connectivity index (χ4n) is 3.26. The highest BCUT2D eigenvalue weighted by Crippen LogP contribution is 2.18. The zero-order chi connectivity index (χ0) is 15.9. The Bertz CT molecular complexity index is 521. The largest absolute Gasteiger partial charge is 0.378 e. The van der Waals surface area contributed by atoms with E-state index in [9.17, 15) is 4.79 Å². The summed E-state index contributed by atoms with van der Waals surface area (Å²) >= 11 is 0. The Hall–Kier alpha value is -1.08. The molecule has 2 aliphatic heterocycles. The number of pyridine rings is 1. The van der Waals surface area contributed by atoms with Crippen molar-refractivity contribution in [2.24, 2.45) is 5.92 Å². The second-order valence-corrected chi connectivity index (χ2v) is 6.23. The van der Waals surface area contributed by atoms with Gasteiger partial charge in [-0.2, -0.15) is 0 Å². The molecule has 8 heteroatoms. The minimum Gasteiger partial charge on any atom is -0.378 e. The van der Waals surface area contributed by atoms with Gasteiger partial charge in [0.05, 0.1) is 18.8 Å². The van der Waals surface area contributed by atoms with E-state index in [1.54, 1.807) is 6.20 Å². The van der Waals surface area contributed by atoms with Crippen molar-refractivity contribution in [3.8, 4) is 0 Å². The summed E-state index contributed by atoms with van der Waals surface area (Å²) < 4.78 is 5.38. The van der Waals surface area contributed by atoms with Crippen LogP contribution in [0.3, 0.4) is 0 Å². The highest BCUT2D eigenvalue weighted by Gasteiger charge is 2.20. The average molecular weight is 391 g/mol. The van der Waals surface area contributed by atoms with Gasteiger partial charge in [-0.05, 0) is 50.4 Å². The molecule has 142 valence electrons. The Labute approximate surface area is 161 Å². The van der Waals surface area contributed by atoms with Gasteiger partial charge < -0.3 is 20.3 Å².